The van der Waals surface area contributed by atoms with E-state index in [1.165, 1.54) is 24.3 Å². The van der Waals surface area contributed by atoms with Gasteiger partial charge in [-0.25, -0.2) is 4.98 Å². The van der Waals surface area contributed by atoms with Crippen LogP contribution in [-0.2, 0) is 6.54 Å². The topological polar surface area (TPSA) is 84.0 Å². The van der Waals surface area contributed by atoms with Gasteiger partial charge in [0, 0.05) is 17.4 Å². The lowest BCUT2D eigenvalue weighted by molar-refractivity contribution is 0.0950. The first-order chi connectivity index (χ1) is 13.4. The first-order valence-electron chi connectivity index (χ1n) is 8.04. The number of halogens is 3. The SMILES string of the molecule is O=C(Nc1ccc(C(=O)NCc2ccccn2)c(Cl)c1)c1cc(Cl)nc(Cl)c1. The third-order valence-corrected chi connectivity index (χ3v) is 4.35. The van der Waals surface area contributed by atoms with Crippen molar-refractivity contribution in [3.05, 3.63) is 86.9 Å². The van der Waals surface area contributed by atoms with E-state index >= 15 is 0 Å². The summed E-state index contributed by atoms with van der Waals surface area (Å²) in [7, 11) is 0. The van der Waals surface area contributed by atoms with Crippen molar-refractivity contribution in [1.82, 2.24) is 15.3 Å². The van der Waals surface area contributed by atoms with Gasteiger partial charge in [0.15, 0.2) is 0 Å². The predicted molar refractivity (Wildman–Crippen MR) is 109 cm³/mol. The van der Waals surface area contributed by atoms with E-state index in [1.54, 1.807) is 24.4 Å². The Bertz CT molecular complexity index is 1010. The molecule has 0 spiro atoms. The monoisotopic (exact) mass is 434 g/mol. The van der Waals surface area contributed by atoms with Crippen LogP contribution in [0, 0.1) is 0 Å². The fourth-order valence-electron chi connectivity index (χ4n) is 2.35. The Morgan fingerprint density at radius 3 is 2.32 bits per heavy atom. The molecule has 28 heavy (non-hydrogen) atoms. The second-order valence-corrected chi connectivity index (χ2v) is 6.84. The number of carbonyl (C=O) groups excluding carboxylic acids is 2. The van der Waals surface area contributed by atoms with Crippen LogP contribution in [0.3, 0.4) is 0 Å². The first-order valence-corrected chi connectivity index (χ1v) is 9.18. The van der Waals surface area contributed by atoms with Crippen molar-refractivity contribution in [2.24, 2.45) is 0 Å². The van der Waals surface area contributed by atoms with Gasteiger partial charge in [-0.05, 0) is 42.5 Å². The molecule has 142 valence electrons. The molecule has 6 nitrogen and oxygen atoms in total. The van der Waals surface area contributed by atoms with E-state index in [2.05, 4.69) is 20.6 Å². The number of aromatic nitrogens is 2. The summed E-state index contributed by atoms with van der Waals surface area (Å²) >= 11 is 17.8. The molecule has 0 saturated heterocycles. The number of pyridine rings is 2. The Hall–Kier alpha value is -2.67. The second kappa shape index (κ2) is 9.01. The zero-order valence-electron chi connectivity index (χ0n) is 14.2. The molecule has 0 fully saturated rings. The Morgan fingerprint density at radius 1 is 0.929 bits per heavy atom. The first kappa shape index (κ1) is 20.1. The Kier molecular flexibility index (Phi) is 6.46. The average molecular weight is 436 g/mol. The number of amides is 2. The van der Waals surface area contributed by atoms with Crippen LogP contribution in [0.2, 0.25) is 15.3 Å². The van der Waals surface area contributed by atoms with Gasteiger partial charge in [-0.2, -0.15) is 0 Å². The molecular formula is C19H13Cl3N4O2. The summed E-state index contributed by atoms with van der Waals surface area (Å²) in [6.45, 7) is 0.276. The van der Waals surface area contributed by atoms with Crippen LogP contribution in [-0.4, -0.2) is 21.8 Å². The highest BCUT2D eigenvalue weighted by Gasteiger charge is 2.13. The van der Waals surface area contributed by atoms with Crippen molar-refractivity contribution in [3.63, 3.8) is 0 Å². The zero-order chi connectivity index (χ0) is 20.1. The molecule has 2 aromatic heterocycles. The quantitative estimate of drug-likeness (QED) is 0.573. The third kappa shape index (κ3) is 5.19. The highest BCUT2D eigenvalue weighted by Crippen LogP contribution is 2.22. The van der Waals surface area contributed by atoms with Crippen LogP contribution in [0.1, 0.15) is 26.4 Å². The lowest BCUT2D eigenvalue weighted by Crippen LogP contribution is -2.23. The maximum atomic E-state index is 12.3. The normalized spacial score (nSPS) is 10.4. The predicted octanol–water partition coefficient (Wildman–Crippen LogP) is 4.62. The molecule has 0 unspecified atom stereocenters. The number of nitrogens with zero attached hydrogens (tertiary/aromatic N) is 2. The molecule has 0 aliphatic heterocycles. The molecular weight excluding hydrogens is 423 g/mol. The molecule has 1 aromatic carbocycles. The lowest BCUT2D eigenvalue weighted by atomic mass is 10.1. The molecule has 2 amide bonds. The molecule has 0 radical (unpaired) electrons. The molecule has 0 aliphatic carbocycles. The van der Waals surface area contributed by atoms with Crippen LogP contribution in [0.15, 0.2) is 54.7 Å². The Balaban J connectivity index is 1.67. The summed E-state index contributed by atoms with van der Waals surface area (Å²) in [6, 6.07) is 12.8. The Labute approximate surface area is 175 Å². The molecule has 0 bridgehead atoms. The van der Waals surface area contributed by atoms with E-state index in [-0.39, 0.29) is 38.9 Å². The molecule has 0 atom stereocenters. The number of benzene rings is 1. The largest absolute Gasteiger partial charge is 0.346 e. The number of hydrogen-bond donors (Lipinski definition) is 2. The lowest BCUT2D eigenvalue weighted by Gasteiger charge is -2.10. The van der Waals surface area contributed by atoms with Crippen LogP contribution >= 0.6 is 34.8 Å². The van der Waals surface area contributed by atoms with Crippen molar-refractivity contribution in [2.75, 3.05) is 5.32 Å². The molecule has 3 rings (SSSR count). The minimum atomic E-state index is -0.436. The summed E-state index contributed by atoms with van der Waals surface area (Å²) < 4.78 is 0. The zero-order valence-corrected chi connectivity index (χ0v) is 16.5. The fraction of sp³-hybridized carbons (Fsp3) is 0.0526. The smallest absolute Gasteiger partial charge is 0.255 e. The van der Waals surface area contributed by atoms with Gasteiger partial charge in [-0.1, -0.05) is 40.9 Å². The van der Waals surface area contributed by atoms with E-state index in [0.717, 1.165) is 5.69 Å². The van der Waals surface area contributed by atoms with E-state index in [0.29, 0.717) is 5.69 Å². The maximum Gasteiger partial charge on any atom is 0.255 e. The second-order valence-electron chi connectivity index (χ2n) is 5.65. The van der Waals surface area contributed by atoms with Crippen molar-refractivity contribution >= 4 is 52.3 Å². The minimum absolute atomic E-state index is 0.107. The van der Waals surface area contributed by atoms with Gasteiger partial charge in [0.2, 0.25) is 0 Å². The van der Waals surface area contributed by atoms with Crippen molar-refractivity contribution in [3.8, 4) is 0 Å². The van der Waals surface area contributed by atoms with E-state index in [9.17, 15) is 9.59 Å². The van der Waals surface area contributed by atoms with E-state index in [1.807, 2.05) is 6.07 Å². The van der Waals surface area contributed by atoms with Gasteiger partial charge in [0.05, 0.1) is 22.8 Å². The summed E-state index contributed by atoms with van der Waals surface area (Å²) in [6.07, 6.45) is 1.65. The maximum absolute atomic E-state index is 12.3. The highest BCUT2D eigenvalue weighted by molar-refractivity contribution is 6.34. The summed E-state index contributed by atoms with van der Waals surface area (Å²) in [4.78, 5) is 32.6. The third-order valence-electron chi connectivity index (χ3n) is 3.65. The van der Waals surface area contributed by atoms with Crippen LogP contribution in [0.4, 0.5) is 5.69 Å². The molecule has 2 N–H and O–H groups in total. The standard InChI is InChI=1S/C19H13Cl3N4O2/c20-15-9-12(25-18(27)11-7-16(21)26-17(22)8-11)4-5-14(15)19(28)24-10-13-3-1-2-6-23-13/h1-9H,10H2,(H,24,28)(H,25,27). The minimum Gasteiger partial charge on any atom is -0.346 e. The number of rotatable bonds is 5. The summed E-state index contributed by atoms with van der Waals surface area (Å²) in [5.74, 6) is -0.782. The number of nitrogens with one attached hydrogen (secondary N) is 2. The van der Waals surface area contributed by atoms with Gasteiger partial charge in [0.1, 0.15) is 10.3 Å². The molecule has 0 aliphatic rings. The van der Waals surface area contributed by atoms with Crippen LogP contribution < -0.4 is 10.6 Å². The van der Waals surface area contributed by atoms with Crippen molar-refractivity contribution < 1.29 is 9.59 Å². The van der Waals surface area contributed by atoms with Gasteiger partial charge < -0.3 is 10.6 Å². The molecule has 0 saturated carbocycles. The van der Waals surface area contributed by atoms with Gasteiger partial charge in [0.25, 0.3) is 11.8 Å². The van der Waals surface area contributed by atoms with E-state index in [4.69, 9.17) is 34.8 Å². The summed E-state index contributed by atoms with van der Waals surface area (Å²) in [5, 5.41) is 5.82. The van der Waals surface area contributed by atoms with Crippen molar-refractivity contribution in [1.29, 1.82) is 0 Å². The van der Waals surface area contributed by atoms with Crippen LogP contribution in [0.5, 0.6) is 0 Å². The van der Waals surface area contributed by atoms with Gasteiger partial charge >= 0.3 is 0 Å². The number of anilines is 1. The fourth-order valence-corrected chi connectivity index (χ4v) is 3.07. The Morgan fingerprint density at radius 2 is 1.68 bits per heavy atom. The molecule has 2 heterocycles. The number of carbonyl (C=O) groups is 2. The van der Waals surface area contributed by atoms with Crippen molar-refractivity contribution in [2.45, 2.75) is 6.54 Å². The molecule has 9 heteroatoms. The molecule has 3 aromatic rings. The number of hydrogen-bond acceptors (Lipinski definition) is 4. The van der Waals surface area contributed by atoms with E-state index < -0.39 is 5.91 Å². The van der Waals surface area contributed by atoms with Crippen LogP contribution in [0.25, 0.3) is 0 Å². The van der Waals surface area contributed by atoms with Gasteiger partial charge in [-0.3, -0.25) is 14.6 Å². The van der Waals surface area contributed by atoms with Gasteiger partial charge in [-0.15, -0.1) is 0 Å². The highest BCUT2D eigenvalue weighted by atomic mass is 35.5. The average Bonchev–Trinajstić information content (AvgIpc) is 2.66. The summed E-state index contributed by atoms with van der Waals surface area (Å²) in [5.41, 5.74) is 1.68.